The maximum absolute atomic E-state index is 13.8. The number of hydrogen-bond donors (Lipinski definition) is 0. The van der Waals surface area contributed by atoms with Crippen molar-refractivity contribution in [1.82, 2.24) is 14.8 Å². The van der Waals surface area contributed by atoms with E-state index in [1.54, 1.807) is 17.8 Å². The normalized spacial score (nSPS) is 10.8. The highest BCUT2D eigenvalue weighted by Gasteiger charge is 2.15. The lowest BCUT2D eigenvalue weighted by molar-refractivity contribution is 0.624. The lowest BCUT2D eigenvalue weighted by Crippen LogP contribution is -1.92. The molecule has 3 nitrogen and oxygen atoms in total. The molecule has 0 aromatic carbocycles. The average molecular weight is 239 g/mol. The zero-order chi connectivity index (χ0) is 11.7. The van der Waals surface area contributed by atoms with Crippen LogP contribution >= 0.6 is 11.6 Å². The van der Waals surface area contributed by atoms with E-state index < -0.39 is 5.82 Å². The van der Waals surface area contributed by atoms with Crippen molar-refractivity contribution in [3.63, 3.8) is 0 Å². The predicted octanol–water partition coefficient (Wildman–Crippen LogP) is 2.85. The number of aryl methyl sites for hydroxylation is 1. The highest BCUT2D eigenvalue weighted by molar-refractivity contribution is 6.29. The van der Waals surface area contributed by atoms with Crippen molar-refractivity contribution in [3.8, 4) is 11.3 Å². The van der Waals surface area contributed by atoms with Crippen LogP contribution in [0.2, 0.25) is 5.15 Å². The Balaban J connectivity index is 2.62. The lowest BCUT2D eigenvalue weighted by Gasteiger charge is -2.02. The van der Waals surface area contributed by atoms with Crippen LogP contribution in [0.25, 0.3) is 11.3 Å². The summed E-state index contributed by atoms with van der Waals surface area (Å²) < 4.78 is 15.4. The van der Waals surface area contributed by atoms with Crippen LogP contribution in [0.4, 0.5) is 4.39 Å². The van der Waals surface area contributed by atoms with E-state index >= 15 is 0 Å². The van der Waals surface area contributed by atoms with E-state index in [0.717, 1.165) is 5.56 Å². The SMILES string of the molecule is C[CH]c1cn(C)nc1-c1ccnc(Cl)c1F. The van der Waals surface area contributed by atoms with Gasteiger partial charge in [-0.2, -0.15) is 5.10 Å². The van der Waals surface area contributed by atoms with Crippen molar-refractivity contribution in [3.05, 3.63) is 41.4 Å². The zero-order valence-electron chi connectivity index (χ0n) is 8.91. The first kappa shape index (κ1) is 11.1. The van der Waals surface area contributed by atoms with E-state index in [4.69, 9.17) is 11.6 Å². The fraction of sp³-hybridized carbons (Fsp3) is 0.182. The second kappa shape index (κ2) is 4.22. The number of nitrogens with zero attached hydrogens (tertiary/aromatic N) is 3. The topological polar surface area (TPSA) is 30.7 Å². The molecule has 0 aliphatic carbocycles. The first-order valence-corrected chi connectivity index (χ1v) is 5.14. The Bertz CT molecular complexity index is 522. The van der Waals surface area contributed by atoms with Gasteiger partial charge in [0.25, 0.3) is 0 Å². The third-order valence-corrected chi connectivity index (χ3v) is 2.53. The molecule has 0 fully saturated rings. The summed E-state index contributed by atoms with van der Waals surface area (Å²) in [6.07, 6.45) is 5.16. The molecule has 0 amide bonds. The van der Waals surface area contributed by atoms with Crippen LogP contribution in [0.5, 0.6) is 0 Å². The molecule has 0 aliphatic rings. The van der Waals surface area contributed by atoms with Gasteiger partial charge in [0.15, 0.2) is 11.0 Å². The molecule has 0 spiro atoms. The van der Waals surface area contributed by atoms with Crippen LogP contribution in [0.15, 0.2) is 18.5 Å². The van der Waals surface area contributed by atoms with Gasteiger partial charge < -0.3 is 0 Å². The first-order chi connectivity index (χ1) is 7.63. The van der Waals surface area contributed by atoms with Crippen LogP contribution in [0.3, 0.4) is 0 Å². The van der Waals surface area contributed by atoms with E-state index in [1.165, 1.54) is 6.20 Å². The van der Waals surface area contributed by atoms with Gasteiger partial charge in [-0.1, -0.05) is 18.5 Å². The molecule has 0 saturated carbocycles. The molecule has 16 heavy (non-hydrogen) atoms. The minimum Gasteiger partial charge on any atom is -0.275 e. The molecule has 2 heterocycles. The van der Waals surface area contributed by atoms with Gasteiger partial charge in [0.05, 0.1) is 5.69 Å². The fourth-order valence-corrected chi connectivity index (χ4v) is 1.69. The summed E-state index contributed by atoms with van der Waals surface area (Å²) in [5, 5.41) is 4.08. The molecule has 2 rings (SSSR count). The molecule has 0 atom stereocenters. The Morgan fingerprint density at radius 1 is 1.50 bits per heavy atom. The van der Waals surface area contributed by atoms with Crippen molar-refractivity contribution in [2.45, 2.75) is 6.92 Å². The minimum atomic E-state index is -0.536. The van der Waals surface area contributed by atoms with Crippen LogP contribution in [-0.2, 0) is 7.05 Å². The Morgan fingerprint density at radius 2 is 2.25 bits per heavy atom. The lowest BCUT2D eigenvalue weighted by atomic mass is 10.1. The second-order valence-electron chi connectivity index (χ2n) is 3.36. The second-order valence-corrected chi connectivity index (χ2v) is 3.72. The van der Waals surface area contributed by atoms with E-state index in [-0.39, 0.29) is 5.15 Å². The summed E-state index contributed by atoms with van der Waals surface area (Å²) in [4.78, 5) is 3.67. The van der Waals surface area contributed by atoms with E-state index in [0.29, 0.717) is 11.3 Å². The number of halogens is 2. The minimum absolute atomic E-state index is 0.134. The summed E-state index contributed by atoms with van der Waals surface area (Å²) in [6.45, 7) is 1.88. The number of rotatable bonds is 2. The van der Waals surface area contributed by atoms with Crippen LogP contribution in [0.1, 0.15) is 12.5 Å². The summed E-state index contributed by atoms with van der Waals surface area (Å²) in [7, 11) is 1.79. The molecule has 0 saturated heterocycles. The number of hydrogen-bond acceptors (Lipinski definition) is 2. The van der Waals surface area contributed by atoms with Crippen molar-refractivity contribution in [2.24, 2.45) is 7.05 Å². The Kier molecular flexibility index (Phi) is 2.92. The summed E-state index contributed by atoms with van der Waals surface area (Å²) in [5.41, 5.74) is 1.81. The molecule has 0 aliphatic heterocycles. The summed E-state index contributed by atoms with van der Waals surface area (Å²) >= 11 is 5.64. The van der Waals surface area contributed by atoms with Gasteiger partial charge >= 0.3 is 0 Å². The van der Waals surface area contributed by atoms with Crippen LogP contribution < -0.4 is 0 Å². The molecule has 0 bridgehead atoms. The fourth-order valence-electron chi connectivity index (χ4n) is 1.53. The molecule has 83 valence electrons. The Hall–Kier alpha value is -1.42. The van der Waals surface area contributed by atoms with Gasteiger partial charge in [-0.15, -0.1) is 0 Å². The summed E-state index contributed by atoms with van der Waals surface area (Å²) in [6, 6.07) is 1.57. The monoisotopic (exact) mass is 238 g/mol. The maximum atomic E-state index is 13.8. The maximum Gasteiger partial charge on any atom is 0.169 e. The molecule has 2 aromatic heterocycles. The van der Waals surface area contributed by atoms with Gasteiger partial charge in [-0.05, 0) is 12.5 Å². The summed E-state index contributed by atoms with van der Waals surface area (Å²) in [5.74, 6) is -0.536. The van der Waals surface area contributed by atoms with E-state index in [9.17, 15) is 4.39 Å². The van der Waals surface area contributed by atoms with E-state index in [1.807, 2.05) is 19.5 Å². The third-order valence-electron chi connectivity index (χ3n) is 2.27. The van der Waals surface area contributed by atoms with E-state index in [2.05, 4.69) is 10.1 Å². The molecular formula is C11H10ClFN3. The number of aromatic nitrogens is 3. The quantitative estimate of drug-likeness (QED) is 0.754. The van der Waals surface area contributed by atoms with Crippen molar-refractivity contribution < 1.29 is 4.39 Å². The molecule has 1 radical (unpaired) electrons. The van der Waals surface area contributed by atoms with Gasteiger partial charge in [0.1, 0.15) is 0 Å². The molecular weight excluding hydrogens is 229 g/mol. The van der Waals surface area contributed by atoms with Gasteiger partial charge in [0.2, 0.25) is 0 Å². The average Bonchev–Trinajstić information content (AvgIpc) is 2.63. The predicted molar refractivity (Wildman–Crippen MR) is 60.5 cm³/mol. The van der Waals surface area contributed by atoms with Gasteiger partial charge in [0, 0.05) is 30.6 Å². The van der Waals surface area contributed by atoms with Crippen molar-refractivity contribution in [1.29, 1.82) is 0 Å². The van der Waals surface area contributed by atoms with Gasteiger partial charge in [-0.3, -0.25) is 4.68 Å². The largest absolute Gasteiger partial charge is 0.275 e. The highest BCUT2D eigenvalue weighted by atomic mass is 35.5. The first-order valence-electron chi connectivity index (χ1n) is 4.77. The molecule has 0 N–H and O–H groups in total. The van der Waals surface area contributed by atoms with Crippen LogP contribution in [0, 0.1) is 12.2 Å². The number of pyridine rings is 1. The Morgan fingerprint density at radius 3 is 2.94 bits per heavy atom. The Labute approximate surface area is 97.9 Å². The highest BCUT2D eigenvalue weighted by Crippen LogP contribution is 2.28. The zero-order valence-corrected chi connectivity index (χ0v) is 9.66. The third kappa shape index (κ3) is 1.80. The smallest absolute Gasteiger partial charge is 0.169 e. The van der Waals surface area contributed by atoms with Crippen LogP contribution in [-0.4, -0.2) is 14.8 Å². The van der Waals surface area contributed by atoms with Crippen molar-refractivity contribution >= 4 is 11.6 Å². The standard InChI is InChI=1S/C11H10ClFN3/c1-3-7-6-16(2)15-10(7)8-4-5-14-11(12)9(8)13/h3-6H,1-2H3. The van der Waals surface area contributed by atoms with Crippen molar-refractivity contribution in [2.75, 3.05) is 0 Å². The molecule has 0 unspecified atom stereocenters. The molecule has 5 heteroatoms. The van der Waals surface area contributed by atoms with Gasteiger partial charge in [-0.25, -0.2) is 9.37 Å². The molecule has 2 aromatic rings.